The van der Waals surface area contributed by atoms with Crippen LogP contribution in [0.5, 0.6) is 0 Å². The molecule has 0 spiro atoms. The molecule has 3 aromatic rings. The van der Waals surface area contributed by atoms with Crippen LogP contribution in [-0.2, 0) is 5.60 Å². The zero-order valence-corrected chi connectivity index (χ0v) is 11.9. The van der Waals surface area contributed by atoms with Gasteiger partial charge in [0, 0.05) is 11.6 Å². The van der Waals surface area contributed by atoms with Crippen molar-refractivity contribution in [3.8, 4) is 0 Å². The molecule has 1 atom stereocenters. The van der Waals surface area contributed by atoms with Gasteiger partial charge in [0.25, 0.3) is 0 Å². The molecule has 2 aromatic carbocycles. The molecule has 1 unspecified atom stereocenters. The molecule has 114 valence electrons. The normalized spacial score (nSPS) is 14.0. The highest BCUT2D eigenvalue weighted by Gasteiger charge is 2.27. The lowest BCUT2D eigenvalue weighted by atomic mass is 9.95. The van der Waals surface area contributed by atoms with Gasteiger partial charge in [-0.05, 0) is 25.1 Å². The Labute approximate surface area is 125 Å². The molecule has 0 amide bonds. The minimum Gasteiger partial charge on any atom is -0.383 e. The number of benzene rings is 2. The highest BCUT2D eigenvalue weighted by Crippen LogP contribution is 2.25. The molecule has 0 radical (unpaired) electrons. The maximum Gasteiger partial charge on any atom is 0.201 e. The summed E-state index contributed by atoms with van der Waals surface area (Å²) in [6.45, 7) is 1.48. The van der Waals surface area contributed by atoms with Crippen LogP contribution in [0.15, 0.2) is 42.5 Å². The van der Waals surface area contributed by atoms with Crippen molar-refractivity contribution in [1.82, 2.24) is 9.97 Å². The molecule has 6 heteroatoms. The molecule has 0 saturated carbocycles. The average molecular weight is 303 g/mol. The van der Waals surface area contributed by atoms with Gasteiger partial charge in [0.05, 0.1) is 17.6 Å². The van der Waals surface area contributed by atoms with Crippen molar-refractivity contribution >= 4 is 17.0 Å². The number of hydrogen-bond donors (Lipinski definition) is 3. The SMILES string of the molecule is CC(O)(CNc1nc2ccccc2[nH]1)c1ccc(F)cc1F. The standard InChI is InChI=1S/C16H15F2N3O/c1-16(22,11-7-6-10(17)8-12(11)18)9-19-15-20-13-4-2-3-5-14(13)21-15/h2-8,22H,9H2,1H3,(H2,19,20,21). The van der Waals surface area contributed by atoms with E-state index in [1.165, 1.54) is 13.0 Å². The van der Waals surface area contributed by atoms with Crippen LogP contribution in [0.2, 0.25) is 0 Å². The number of halogens is 2. The Hall–Kier alpha value is -2.47. The molecule has 0 aliphatic carbocycles. The summed E-state index contributed by atoms with van der Waals surface area (Å²) >= 11 is 0. The third-order valence-electron chi connectivity index (χ3n) is 3.50. The summed E-state index contributed by atoms with van der Waals surface area (Å²) in [6.07, 6.45) is 0. The number of anilines is 1. The van der Waals surface area contributed by atoms with E-state index in [0.29, 0.717) is 5.95 Å². The van der Waals surface area contributed by atoms with Crippen LogP contribution in [0.4, 0.5) is 14.7 Å². The fourth-order valence-electron chi connectivity index (χ4n) is 2.31. The zero-order valence-electron chi connectivity index (χ0n) is 11.9. The summed E-state index contributed by atoms with van der Waals surface area (Å²) in [5.41, 5.74) is 0.171. The topological polar surface area (TPSA) is 60.9 Å². The quantitative estimate of drug-likeness (QED) is 0.694. The van der Waals surface area contributed by atoms with Gasteiger partial charge >= 0.3 is 0 Å². The second kappa shape index (κ2) is 5.38. The van der Waals surface area contributed by atoms with E-state index in [0.717, 1.165) is 23.2 Å². The van der Waals surface area contributed by atoms with Crippen LogP contribution in [0, 0.1) is 11.6 Å². The molecule has 0 fully saturated rings. The Morgan fingerprint density at radius 1 is 1.23 bits per heavy atom. The van der Waals surface area contributed by atoms with Crippen LogP contribution in [0.1, 0.15) is 12.5 Å². The molecule has 1 heterocycles. The van der Waals surface area contributed by atoms with E-state index in [1.807, 2.05) is 24.3 Å². The maximum absolute atomic E-state index is 13.8. The Morgan fingerprint density at radius 3 is 2.73 bits per heavy atom. The van der Waals surface area contributed by atoms with Crippen molar-refractivity contribution in [2.45, 2.75) is 12.5 Å². The molecule has 0 aliphatic heterocycles. The molecular weight excluding hydrogens is 288 g/mol. The summed E-state index contributed by atoms with van der Waals surface area (Å²) < 4.78 is 26.7. The van der Waals surface area contributed by atoms with Crippen LogP contribution in [0.25, 0.3) is 11.0 Å². The predicted molar refractivity (Wildman–Crippen MR) is 80.5 cm³/mol. The number of para-hydroxylation sites is 2. The molecule has 0 bridgehead atoms. The average Bonchev–Trinajstić information content (AvgIpc) is 2.87. The van der Waals surface area contributed by atoms with Crippen molar-refractivity contribution < 1.29 is 13.9 Å². The number of imidazole rings is 1. The van der Waals surface area contributed by atoms with Gasteiger partial charge in [-0.15, -0.1) is 0 Å². The number of nitrogens with zero attached hydrogens (tertiary/aromatic N) is 1. The molecule has 1 aromatic heterocycles. The first-order valence-corrected chi connectivity index (χ1v) is 6.82. The van der Waals surface area contributed by atoms with E-state index in [1.54, 1.807) is 0 Å². The lowest BCUT2D eigenvalue weighted by Gasteiger charge is -2.24. The molecule has 0 saturated heterocycles. The maximum atomic E-state index is 13.8. The molecule has 3 rings (SSSR count). The Morgan fingerprint density at radius 2 is 2.00 bits per heavy atom. The van der Waals surface area contributed by atoms with Crippen LogP contribution in [0.3, 0.4) is 0 Å². The molecule has 4 nitrogen and oxygen atoms in total. The minimum atomic E-state index is -1.50. The number of rotatable bonds is 4. The summed E-state index contributed by atoms with van der Waals surface area (Å²) in [5.74, 6) is -0.984. The largest absolute Gasteiger partial charge is 0.383 e. The summed E-state index contributed by atoms with van der Waals surface area (Å²) in [7, 11) is 0. The number of aliphatic hydroxyl groups is 1. The van der Waals surface area contributed by atoms with Gasteiger partial charge in [-0.2, -0.15) is 0 Å². The number of aromatic nitrogens is 2. The van der Waals surface area contributed by atoms with Gasteiger partial charge in [-0.1, -0.05) is 18.2 Å². The van der Waals surface area contributed by atoms with Crippen LogP contribution < -0.4 is 5.32 Å². The highest BCUT2D eigenvalue weighted by molar-refractivity contribution is 5.77. The zero-order chi connectivity index (χ0) is 15.7. The Bertz CT molecular complexity index is 781. The van der Waals surface area contributed by atoms with Crippen molar-refractivity contribution in [3.63, 3.8) is 0 Å². The van der Waals surface area contributed by atoms with Crippen molar-refractivity contribution in [3.05, 3.63) is 59.7 Å². The van der Waals surface area contributed by atoms with Crippen LogP contribution in [-0.4, -0.2) is 21.6 Å². The van der Waals surface area contributed by atoms with Gasteiger partial charge in [-0.25, -0.2) is 13.8 Å². The summed E-state index contributed by atoms with van der Waals surface area (Å²) in [5, 5.41) is 13.4. The molecule has 3 N–H and O–H groups in total. The summed E-state index contributed by atoms with van der Waals surface area (Å²) in [6, 6.07) is 10.6. The first kappa shape index (κ1) is 14.5. The van der Waals surface area contributed by atoms with E-state index in [9.17, 15) is 13.9 Å². The molecular formula is C16H15F2N3O. The first-order chi connectivity index (χ1) is 10.5. The van der Waals surface area contributed by atoms with Gasteiger partial charge in [0.15, 0.2) is 0 Å². The highest BCUT2D eigenvalue weighted by atomic mass is 19.1. The van der Waals surface area contributed by atoms with Crippen molar-refractivity contribution in [2.24, 2.45) is 0 Å². The van der Waals surface area contributed by atoms with E-state index >= 15 is 0 Å². The van der Waals surface area contributed by atoms with E-state index < -0.39 is 17.2 Å². The van der Waals surface area contributed by atoms with Crippen molar-refractivity contribution in [2.75, 3.05) is 11.9 Å². The minimum absolute atomic E-state index is 0.0232. The number of aromatic amines is 1. The Balaban J connectivity index is 1.79. The van der Waals surface area contributed by atoms with Gasteiger partial charge < -0.3 is 15.4 Å². The van der Waals surface area contributed by atoms with Crippen LogP contribution >= 0.6 is 0 Å². The lowest BCUT2D eigenvalue weighted by Crippen LogP contribution is -2.32. The smallest absolute Gasteiger partial charge is 0.201 e. The number of hydrogen-bond acceptors (Lipinski definition) is 3. The monoisotopic (exact) mass is 303 g/mol. The second-order valence-electron chi connectivity index (χ2n) is 5.35. The second-order valence-corrected chi connectivity index (χ2v) is 5.35. The summed E-state index contributed by atoms with van der Waals surface area (Å²) in [4.78, 5) is 7.37. The van der Waals surface area contributed by atoms with Gasteiger partial charge in [0.2, 0.25) is 5.95 Å². The van der Waals surface area contributed by atoms with Crippen molar-refractivity contribution in [1.29, 1.82) is 0 Å². The molecule has 0 aliphatic rings. The third-order valence-corrected chi connectivity index (χ3v) is 3.50. The first-order valence-electron chi connectivity index (χ1n) is 6.82. The van der Waals surface area contributed by atoms with E-state index in [-0.39, 0.29) is 12.1 Å². The number of fused-ring (bicyclic) bond motifs is 1. The fourth-order valence-corrected chi connectivity index (χ4v) is 2.31. The lowest BCUT2D eigenvalue weighted by molar-refractivity contribution is 0.0673. The third kappa shape index (κ3) is 2.78. The van der Waals surface area contributed by atoms with E-state index in [2.05, 4.69) is 15.3 Å². The van der Waals surface area contributed by atoms with E-state index in [4.69, 9.17) is 0 Å². The number of H-pyrrole nitrogens is 1. The number of nitrogens with one attached hydrogen (secondary N) is 2. The van der Waals surface area contributed by atoms with Gasteiger partial charge in [0.1, 0.15) is 17.2 Å². The van der Waals surface area contributed by atoms with Gasteiger partial charge in [-0.3, -0.25) is 0 Å². The predicted octanol–water partition coefficient (Wildman–Crippen LogP) is 3.16. The molecule has 22 heavy (non-hydrogen) atoms. The fraction of sp³-hybridized carbons (Fsp3) is 0.188. The Kier molecular flexibility index (Phi) is 3.54.